The summed E-state index contributed by atoms with van der Waals surface area (Å²) in [4.78, 5) is 14.3. The molecule has 0 aromatic heterocycles. The van der Waals surface area contributed by atoms with E-state index in [0.717, 1.165) is 58.4 Å². The van der Waals surface area contributed by atoms with Crippen LogP contribution in [-0.4, -0.2) is 48.3 Å². The highest BCUT2D eigenvalue weighted by molar-refractivity contribution is 5.79. The standard InChI is InChI=1S/C14H25NO3/c1-2-13(16)11-3-7-15(8-4-11)14(17)12-5-9-18-10-6-12/h11-13,16H,2-10H2,1H3. The Morgan fingerprint density at radius 3 is 2.44 bits per heavy atom. The number of carbonyl (C=O) groups is 1. The van der Waals surface area contributed by atoms with Gasteiger partial charge in [0.05, 0.1) is 6.10 Å². The number of piperidine rings is 1. The van der Waals surface area contributed by atoms with Gasteiger partial charge >= 0.3 is 0 Å². The molecule has 2 aliphatic heterocycles. The highest BCUT2D eigenvalue weighted by atomic mass is 16.5. The van der Waals surface area contributed by atoms with Gasteiger partial charge in [-0.2, -0.15) is 0 Å². The van der Waals surface area contributed by atoms with Gasteiger partial charge < -0.3 is 14.7 Å². The fourth-order valence-corrected chi connectivity index (χ4v) is 3.04. The maximum atomic E-state index is 12.3. The van der Waals surface area contributed by atoms with Gasteiger partial charge in [0.2, 0.25) is 5.91 Å². The van der Waals surface area contributed by atoms with Crippen LogP contribution >= 0.6 is 0 Å². The van der Waals surface area contributed by atoms with E-state index in [9.17, 15) is 9.90 Å². The summed E-state index contributed by atoms with van der Waals surface area (Å²) in [6, 6.07) is 0. The zero-order chi connectivity index (χ0) is 13.0. The molecule has 0 spiro atoms. The zero-order valence-corrected chi connectivity index (χ0v) is 11.3. The number of ether oxygens (including phenoxy) is 1. The Bertz CT molecular complexity index is 268. The molecule has 0 radical (unpaired) electrons. The van der Waals surface area contributed by atoms with Crippen molar-refractivity contribution in [2.24, 2.45) is 11.8 Å². The molecular weight excluding hydrogens is 230 g/mol. The largest absolute Gasteiger partial charge is 0.393 e. The third kappa shape index (κ3) is 3.23. The fourth-order valence-electron chi connectivity index (χ4n) is 3.04. The van der Waals surface area contributed by atoms with Crippen molar-refractivity contribution in [1.29, 1.82) is 0 Å². The van der Waals surface area contributed by atoms with E-state index in [1.807, 2.05) is 11.8 Å². The monoisotopic (exact) mass is 255 g/mol. The van der Waals surface area contributed by atoms with Gasteiger partial charge in [-0.25, -0.2) is 0 Å². The van der Waals surface area contributed by atoms with Crippen LogP contribution in [0.3, 0.4) is 0 Å². The maximum absolute atomic E-state index is 12.3. The van der Waals surface area contributed by atoms with Crippen molar-refractivity contribution in [1.82, 2.24) is 4.90 Å². The van der Waals surface area contributed by atoms with E-state index in [4.69, 9.17) is 4.74 Å². The highest BCUT2D eigenvalue weighted by Gasteiger charge is 2.30. The molecule has 2 rings (SSSR count). The molecule has 0 bridgehead atoms. The first kappa shape index (κ1) is 13.8. The Balaban J connectivity index is 1.79. The van der Waals surface area contributed by atoms with E-state index in [1.54, 1.807) is 0 Å². The molecule has 2 saturated heterocycles. The Kier molecular flexibility index (Phi) is 5.01. The van der Waals surface area contributed by atoms with Gasteiger partial charge in [-0.1, -0.05) is 6.92 Å². The van der Waals surface area contributed by atoms with Crippen molar-refractivity contribution in [2.45, 2.75) is 45.1 Å². The van der Waals surface area contributed by atoms with E-state index in [1.165, 1.54) is 0 Å². The average Bonchev–Trinajstić information content (AvgIpc) is 2.47. The van der Waals surface area contributed by atoms with Crippen molar-refractivity contribution < 1.29 is 14.6 Å². The molecule has 0 saturated carbocycles. The SMILES string of the molecule is CCC(O)C1CCN(C(=O)C2CCOCC2)CC1. The average molecular weight is 255 g/mol. The third-order valence-electron chi connectivity index (χ3n) is 4.38. The Morgan fingerprint density at radius 1 is 1.28 bits per heavy atom. The smallest absolute Gasteiger partial charge is 0.225 e. The molecule has 1 atom stereocenters. The topological polar surface area (TPSA) is 49.8 Å². The molecule has 4 heteroatoms. The lowest BCUT2D eigenvalue weighted by Gasteiger charge is -2.36. The Labute approximate surface area is 109 Å². The summed E-state index contributed by atoms with van der Waals surface area (Å²) >= 11 is 0. The van der Waals surface area contributed by atoms with E-state index < -0.39 is 0 Å². The fraction of sp³-hybridized carbons (Fsp3) is 0.929. The number of hydrogen-bond acceptors (Lipinski definition) is 3. The van der Waals surface area contributed by atoms with Crippen LogP contribution in [0.2, 0.25) is 0 Å². The lowest BCUT2D eigenvalue weighted by molar-refractivity contribution is -0.140. The van der Waals surface area contributed by atoms with Crippen LogP contribution in [0, 0.1) is 11.8 Å². The lowest BCUT2D eigenvalue weighted by atomic mass is 9.89. The summed E-state index contributed by atoms with van der Waals surface area (Å²) in [7, 11) is 0. The van der Waals surface area contributed by atoms with E-state index in [-0.39, 0.29) is 12.0 Å². The molecule has 1 amide bonds. The molecule has 0 aromatic rings. The number of aliphatic hydroxyl groups excluding tert-OH is 1. The summed E-state index contributed by atoms with van der Waals surface area (Å²) in [5.74, 6) is 0.864. The number of aliphatic hydroxyl groups is 1. The molecule has 4 nitrogen and oxygen atoms in total. The van der Waals surface area contributed by atoms with Crippen LogP contribution in [0.4, 0.5) is 0 Å². The second kappa shape index (κ2) is 6.53. The third-order valence-corrected chi connectivity index (χ3v) is 4.38. The minimum atomic E-state index is -0.190. The maximum Gasteiger partial charge on any atom is 0.225 e. The Hall–Kier alpha value is -0.610. The predicted molar refractivity (Wildman–Crippen MR) is 69.1 cm³/mol. The summed E-state index contributed by atoms with van der Waals surface area (Å²) in [6.45, 7) is 5.10. The molecule has 0 aromatic carbocycles. The quantitative estimate of drug-likeness (QED) is 0.830. The predicted octanol–water partition coefficient (Wildman–Crippen LogP) is 1.42. The molecule has 0 aliphatic carbocycles. The van der Waals surface area contributed by atoms with Crippen LogP contribution in [0.1, 0.15) is 39.0 Å². The molecule has 2 aliphatic rings. The zero-order valence-electron chi connectivity index (χ0n) is 11.3. The van der Waals surface area contributed by atoms with Crippen molar-refractivity contribution in [3.05, 3.63) is 0 Å². The van der Waals surface area contributed by atoms with E-state index in [0.29, 0.717) is 11.8 Å². The summed E-state index contributed by atoms with van der Waals surface area (Å²) in [5, 5.41) is 9.84. The molecule has 2 fully saturated rings. The van der Waals surface area contributed by atoms with E-state index >= 15 is 0 Å². The van der Waals surface area contributed by atoms with Gasteiger partial charge in [-0.3, -0.25) is 4.79 Å². The van der Waals surface area contributed by atoms with Gasteiger partial charge in [0.25, 0.3) is 0 Å². The first-order valence-corrected chi connectivity index (χ1v) is 7.27. The van der Waals surface area contributed by atoms with Crippen molar-refractivity contribution in [3.63, 3.8) is 0 Å². The molecular formula is C14H25NO3. The number of hydrogen-bond donors (Lipinski definition) is 1. The number of amides is 1. The van der Waals surface area contributed by atoms with Crippen molar-refractivity contribution in [3.8, 4) is 0 Å². The highest BCUT2D eigenvalue weighted by Crippen LogP contribution is 2.25. The van der Waals surface area contributed by atoms with Gasteiger partial charge in [-0.05, 0) is 38.0 Å². The second-order valence-electron chi connectivity index (χ2n) is 5.52. The molecule has 18 heavy (non-hydrogen) atoms. The van der Waals surface area contributed by atoms with Crippen LogP contribution in [0.25, 0.3) is 0 Å². The van der Waals surface area contributed by atoms with Crippen LogP contribution < -0.4 is 0 Å². The normalized spacial score (nSPS) is 25.1. The first-order chi connectivity index (χ1) is 8.72. The summed E-state index contributed by atoms with van der Waals surface area (Å²) in [5.41, 5.74) is 0. The van der Waals surface area contributed by atoms with Gasteiger partial charge in [0, 0.05) is 32.2 Å². The molecule has 1 N–H and O–H groups in total. The van der Waals surface area contributed by atoms with Crippen LogP contribution in [0.5, 0.6) is 0 Å². The lowest BCUT2D eigenvalue weighted by Crippen LogP contribution is -2.44. The minimum absolute atomic E-state index is 0.173. The van der Waals surface area contributed by atoms with Gasteiger partial charge in [0.1, 0.15) is 0 Å². The number of carbonyl (C=O) groups excluding carboxylic acids is 1. The molecule has 1 unspecified atom stereocenters. The number of likely N-dealkylation sites (tertiary alicyclic amines) is 1. The summed E-state index contributed by atoms with van der Waals surface area (Å²) < 4.78 is 5.30. The number of nitrogens with zero attached hydrogens (tertiary/aromatic N) is 1. The van der Waals surface area contributed by atoms with Crippen molar-refractivity contribution in [2.75, 3.05) is 26.3 Å². The van der Waals surface area contributed by atoms with Crippen LogP contribution in [0.15, 0.2) is 0 Å². The van der Waals surface area contributed by atoms with Crippen LogP contribution in [-0.2, 0) is 9.53 Å². The molecule has 104 valence electrons. The Morgan fingerprint density at radius 2 is 1.89 bits per heavy atom. The van der Waals surface area contributed by atoms with Gasteiger partial charge in [0.15, 0.2) is 0 Å². The minimum Gasteiger partial charge on any atom is -0.393 e. The van der Waals surface area contributed by atoms with E-state index in [2.05, 4.69) is 0 Å². The molecule has 2 heterocycles. The summed E-state index contributed by atoms with van der Waals surface area (Å²) in [6.07, 6.45) is 4.27. The first-order valence-electron chi connectivity index (χ1n) is 7.27. The number of rotatable bonds is 3. The second-order valence-corrected chi connectivity index (χ2v) is 5.52. The van der Waals surface area contributed by atoms with Crippen molar-refractivity contribution >= 4 is 5.91 Å². The van der Waals surface area contributed by atoms with Gasteiger partial charge in [-0.15, -0.1) is 0 Å².